The molecule has 0 spiro atoms. The second-order valence-electron chi connectivity index (χ2n) is 10.2. The van der Waals surface area contributed by atoms with Crippen LogP contribution < -0.4 is 4.90 Å². The van der Waals surface area contributed by atoms with E-state index in [1.165, 1.54) is 31.2 Å². The van der Waals surface area contributed by atoms with Gasteiger partial charge in [-0.15, -0.1) is 0 Å². The molecule has 0 radical (unpaired) electrons. The number of halogens is 3. The predicted molar refractivity (Wildman–Crippen MR) is 147 cm³/mol. The molecule has 4 aromatic rings. The van der Waals surface area contributed by atoms with Crippen LogP contribution in [0.2, 0.25) is 0 Å². The number of nitrogens with zero attached hydrogens (tertiary/aromatic N) is 2. The van der Waals surface area contributed by atoms with Crippen LogP contribution in [0, 0.1) is 6.92 Å². The third-order valence-corrected chi connectivity index (χ3v) is 8.60. The second kappa shape index (κ2) is 10.0. The number of hydrogen-bond donors (Lipinski definition) is 1. The summed E-state index contributed by atoms with van der Waals surface area (Å²) in [6, 6.07) is 20.1. The maximum atomic E-state index is 13.7. The first-order valence-corrected chi connectivity index (χ1v) is 14.6. The van der Waals surface area contributed by atoms with Gasteiger partial charge in [0.2, 0.25) is 0 Å². The zero-order valence-corrected chi connectivity index (χ0v) is 22.7. The fourth-order valence-electron chi connectivity index (χ4n) is 5.33. The van der Waals surface area contributed by atoms with E-state index in [1.807, 2.05) is 41.3 Å². The summed E-state index contributed by atoms with van der Waals surface area (Å²) in [6.07, 6.45) is -3.18. The molecule has 208 valence electrons. The monoisotopic (exact) mass is 568 g/mol. The Morgan fingerprint density at radius 2 is 1.60 bits per heavy atom. The Hall–Kier alpha value is -3.76. The standard InChI is InChI=1S/C30H27F3N2O4S/c1-19-26(28(36)30(31,32)33)27(20-8-11-23(12-9-20)40(2,38)39)24-18-22(10-13-25(24)34-19)35-16-14-29(37,15-17-35)21-6-4-3-5-7-21/h3-13,18,37H,14-17H2,1-2H3. The molecular weight excluding hydrogens is 541 g/mol. The van der Waals surface area contributed by atoms with Gasteiger partial charge < -0.3 is 10.0 Å². The van der Waals surface area contributed by atoms with Crippen molar-refractivity contribution in [2.45, 2.75) is 36.4 Å². The number of ketones is 1. The van der Waals surface area contributed by atoms with Crippen molar-refractivity contribution in [3.05, 3.63) is 89.6 Å². The molecule has 3 aromatic carbocycles. The SMILES string of the molecule is Cc1nc2ccc(N3CCC(O)(c4ccccc4)CC3)cc2c(-c2ccc(S(C)(=O)=O)cc2)c1C(=O)C(F)(F)F. The van der Waals surface area contributed by atoms with Crippen LogP contribution in [0.25, 0.3) is 22.0 Å². The first kappa shape index (κ1) is 27.8. The molecular formula is C30H27F3N2O4S. The van der Waals surface area contributed by atoms with Gasteiger partial charge in [0.1, 0.15) is 0 Å². The Balaban J connectivity index is 1.62. The minimum absolute atomic E-state index is 0.00920. The molecule has 10 heteroatoms. The number of carbonyl (C=O) groups is 1. The van der Waals surface area contributed by atoms with Gasteiger partial charge in [0.15, 0.2) is 9.84 Å². The highest BCUT2D eigenvalue weighted by Gasteiger charge is 2.42. The number of sulfone groups is 1. The maximum absolute atomic E-state index is 13.7. The Bertz CT molecular complexity index is 1700. The minimum atomic E-state index is -5.13. The van der Waals surface area contributed by atoms with Gasteiger partial charge in [-0.2, -0.15) is 13.2 Å². The molecule has 5 rings (SSSR count). The van der Waals surface area contributed by atoms with E-state index in [9.17, 15) is 31.5 Å². The summed E-state index contributed by atoms with van der Waals surface area (Å²) in [5.74, 6) is -2.02. The van der Waals surface area contributed by atoms with E-state index in [-0.39, 0.29) is 21.7 Å². The van der Waals surface area contributed by atoms with Gasteiger partial charge >= 0.3 is 6.18 Å². The molecule has 0 aliphatic carbocycles. The number of rotatable bonds is 5. The van der Waals surface area contributed by atoms with Crippen molar-refractivity contribution < 1.29 is 31.5 Å². The van der Waals surface area contributed by atoms with E-state index in [0.717, 1.165) is 11.8 Å². The Labute approximate surface area is 230 Å². The Morgan fingerprint density at radius 1 is 0.975 bits per heavy atom. The zero-order valence-electron chi connectivity index (χ0n) is 21.9. The lowest BCUT2D eigenvalue weighted by atomic mass is 9.84. The third kappa shape index (κ3) is 5.21. The van der Waals surface area contributed by atoms with Crippen LogP contribution in [0.15, 0.2) is 77.7 Å². The number of alkyl halides is 3. The Morgan fingerprint density at radius 3 is 2.17 bits per heavy atom. The van der Waals surface area contributed by atoms with E-state index in [2.05, 4.69) is 4.98 Å². The van der Waals surface area contributed by atoms with Gasteiger partial charge in [-0.05, 0) is 61.2 Å². The topological polar surface area (TPSA) is 87.6 Å². The van der Waals surface area contributed by atoms with Crippen LogP contribution >= 0.6 is 0 Å². The van der Waals surface area contributed by atoms with E-state index in [0.29, 0.717) is 42.5 Å². The number of aryl methyl sites for hydroxylation is 1. The molecule has 40 heavy (non-hydrogen) atoms. The van der Waals surface area contributed by atoms with E-state index in [1.54, 1.807) is 12.1 Å². The molecule has 1 fully saturated rings. The summed E-state index contributed by atoms with van der Waals surface area (Å²) in [5, 5.41) is 11.6. The number of aromatic nitrogens is 1. The van der Waals surface area contributed by atoms with Gasteiger partial charge in [0.05, 0.1) is 21.6 Å². The van der Waals surface area contributed by atoms with Crippen molar-refractivity contribution in [1.29, 1.82) is 0 Å². The van der Waals surface area contributed by atoms with E-state index >= 15 is 0 Å². The highest BCUT2D eigenvalue weighted by Crippen LogP contribution is 2.40. The van der Waals surface area contributed by atoms with Crippen LogP contribution in [0.1, 0.15) is 34.5 Å². The van der Waals surface area contributed by atoms with Crippen molar-refractivity contribution in [2.24, 2.45) is 0 Å². The summed E-state index contributed by atoms with van der Waals surface area (Å²) in [5.41, 5.74) is 0.647. The fraction of sp³-hybridized carbons (Fsp3) is 0.267. The molecule has 6 nitrogen and oxygen atoms in total. The molecule has 0 saturated carbocycles. The highest BCUT2D eigenvalue weighted by molar-refractivity contribution is 7.90. The molecule has 0 atom stereocenters. The number of aliphatic hydroxyl groups is 1. The maximum Gasteiger partial charge on any atom is 0.454 e. The van der Waals surface area contributed by atoms with Crippen molar-refractivity contribution in [3.63, 3.8) is 0 Å². The van der Waals surface area contributed by atoms with Crippen LogP contribution in [0.4, 0.5) is 18.9 Å². The minimum Gasteiger partial charge on any atom is -0.385 e. The number of fused-ring (bicyclic) bond motifs is 1. The zero-order chi connectivity index (χ0) is 28.9. The molecule has 1 aliphatic rings. The molecule has 1 aromatic heterocycles. The number of piperidine rings is 1. The smallest absolute Gasteiger partial charge is 0.385 e. The van der Waals surface area contributed by atoms with Gasteiger partial charge in [0, 0.05) is 41.7 Å². The molecule has 1 saturated heterocycles. The lowest BCUT2D eigenvalue weighted by Crippen LogP contribution is -2.42. The number of anilines is 1. The molecule has 2 heterocycles. The first-order chi connectivity index (χ1) is 18.8. The summed E-state index contributed by atoms with van der Waals surface area (Å²) in [7, 11) is -3.54. The normalized spacial score (nSPS) is 15.8. The average Bonchev–Trinajstić information content (AvgIpc) is 2.92. The molecule has 0 amide bonds. The average molecular weight is 569 g/mol. The van der Waals surface area contributed by atoms with Gasteiger partial charge in [-0.1, -0.05) is 42.5 Å². The largest absolute Gasteiger partial charge is 0.454 e. The second-order valence-corrected chi connectivity index (χ2v) is 12.2. The van der Waals surface area contributed by atoms with E-state index < -0.39 is 33.0 Å². The number of Topliss-reactive ketones (excluding diaryl/α,β-unsaturated/α-hetero) is 1. The van der Waals surface area contributed by atoms with Crippen LogP contribution in [0.3, 0.4) is 0 Å². The first-order valence-electron chi connectivity index (χ1n) is 12.7. The molecule has 1 N–H and O–H groups in total. The van der Waals surface area contributed by atoms with E-state index in [4.69, 9.17) is 0 Å². The molecule has 1 aliphatic heterocycles. The number of benzene rings is 3. The number of hydrogen-bond acceptors (Lipinski definition) is 6. The van der Waals surface area contributed by atoms with Crippen molar-refractivity contribution >= 4 is 32.2 Å². The highest BCUT2D eigenvalue weighted by atomic mass is 32.2. The van der Waals surface area contributed by atoms with Gasteiger partial charge in [0.25, 0.3) is 5.78 Å². The van der Waals surface area contributed by atoms with Crippen molar-refractivity contribution in [1.82, 2.24) is 4.98 Å². The van der Waals surface area contributed by atoms with Crippen LogP contribution in [0.5, 0.6) is 0 Å². The molecule has 0 bridgehead atoms. The predicted octanol–water partition coefficient (Wildman–Crippen LogP) is 5.85. The summed E-state index contributed by atoms with van der Waals surface area (Å²) >= 11 is 0. The molecule has 0 unspecified atom stereocenters. The summed E-state index contributed by atoms with van der Waals surface area (Å²) in [4.78, 5) is 19.0. The van der Waals surface area contributed by atoms with Crippen molar-refractivity contribution in [2.75, 3.05) is 24.2 Å². The van der Waals surface area contributed by atoms with Crippen LogP contribution in [-0.2, 0) is 15.4 Å². The lowest BCUT2D eigenvalue weighted by Gasteiger charge is -2.39. The Kier molecular flexibility index (Phi) is 6.96. The van der Waals surface area contributed by atoms with Crippen LogP contribution in [-0.4, -0.2) is 49.8 Å². The quantitative estimate of drug-likeness (QED) is 0.304. The fourth-order valence-corrected chi connectivity index (χ4v) is 5.96. The number of pyridine rings is 1. The van der Waals surface area contributed by atoms with Gasteiger partial charge in [-0.25, -0.2) is 8.42 Å². The van der Waals surface area contributed by atoms with Crippen molar-refractivity contribution in [3.8, 4) is 11.1 Å². The van der Waals surface area contributed by atoms with Gasteiger partial charge in [-0.3, -0.25) is 9.78 Å². The lowest BCUT2D eigenvalue weighted by molar-refractivity contribution is -0.0885. The third-order valence-electron chi connectivity index (χ3n) is 7.47. The summed E-state index contributed by atoms with van der Waals surface area (Å²) in [6.45, 7) is 2.36. The number of carbonyl (C=O) groups excluding carboxylic acids is 1. The summed E-state index contributed by atoms with van der Waals surface area (Å²) < 4.78 is 65.1.